The molecule has 0 saturated heterocycles. The summed E-state index contributed by atoms with van der Waals surface area (Å²) in [6, 6.07) is 1.71. The van der Waals surface area contributed by atoms with E-state index in [1.165, 1.54) is 11.2 Å². The van der Waals surface area contributed by atoms with Crippen LogP contribution in [-0.2, 0) is 0 Å². The van der Waals surface area contributed by atoms with Crippen LogP contribution in [-0.4, -0.2) is 27.2 Å². The molecule has 0 bridgehead atoms. The molecule has 1 aromatic heterocycles. The maximum atomic E-state index is 11.2. The molecule has 1 N–H and O–H groups in total. The number of hydrogen-bond donors (Lipinski definition) is 1. The maximum absolute atomic E-state index is 11.2. The molecule has 1 fully saturated rings. The summed E-state index contributed by atoms with van der Waals surface area (Å²) in [4.78, 5) is 20.3. The highest BCUT2D eigenvalue weighted by molar-refractivity contribution is 5.85. The lowest BCUT2D eigenvalue weighted by Crippen LogP contribution is -2.38. The Labute approximate surface area is 87.8 Å². The molecule has 5 heteroatoms. The van der Waals surface area contributed by atoms with Crippen LogP contribution in [0.15, 0.2) is 18.6 Å². The van der Waals surface area contributed by atoms with Gasteiger partial charge >= 0.3 is 6.09 Å². The second kappa shape index (κ2) is 4.25. The third-order valence-electron chi connectivity index (χ3n) is 2.71. The van der Waals surface area contributed by atoms with Crippen molar-refractivity contribution in [2.24, 2.45) is 0 Å². The number of carbonyl (C=O) groups is 1. The van der Waals surface area contributed by atoms with Crippen molar-refractivity contribution in [2.75, 3.05) is 4.90 Å². The van der Waals surface area contributed by atoms with Crippen molar-refractivity contribution in [1.29, 1.82) is 0 Å². The SMILES string of the molecule is O=C(O)N(c1ccncn1)C1CCCC1. The molecule has 1 amide bonds. The lowest BCUT2D eigenvalue weighted by atomic mass is 10.2. The van der Waals surface area contributed by atoms with Crippen molar-refractivity contribution in [3.8, 4) is 0 Å². The summed E-state index contributed by atoms with van der Waals surface area (Å²) < 4.78 is 0. The quantitative estimate of drug-likeness (QED) is 0.804. The Hall–Kier alpha value is -1.65. The van der Waals surface area contributed by atoms with E-state index < -0.39 is 6.09 Å². The Balaban J connectivity index is 2.23. The number of aromatic nitrogens is 2. The molecule has 1 aliphatic carbocycles. The minimum absolute atomic E-state index is 0.0809. The number of carboxylic acid groups (broad SMARTS) is 1. The van der Waals surface area contributed by atoms with E-state index in [0.29, 0.717) is 5.82 Å². The van der Waals surface area contributed by atoms with Crippen LogP contribution in [0.5, 0.6) is 0 Å². The van der Waals surface area contributed by atoms with Crippen LogP contribution in [0.1, 0.15) is 25.7 Å². The third-order valence-corrected chi connectivity index (χ3v) is 2.71. The van der Waals surface area contributed by atoms with Gasteiger partial charge in [-0.15, -0.1) is 0 Å². The molecule has 80 valence electrons. The fraction of sp³-hybridized carbons (Fsp3) is 0.500. The molecule has 15 heavy (non-hydrogen) atoms. The predicted molar refractivity (Wildman–Crippen MR) is 54.8 cm³/mol. The summed E-state index contributed by atoms with van der Waals surface area (Å²) in [7, 11) is 0. The van der Waals surface area contributed by atoms with Crippen molar-refractivity contribution < 1.29 is 9.90 Å². The zero-order valence-electron chi connectivity index (χ0n) is 8.33. The standard InChI is InChI=1S/C10H13N3O2/c14-10(15)13(8-3-1-2-4-8)9-5-6-11-7-12-9/h5-8H,1-4H2,(H,14,15). The van der Waals surface area contributed by atoms with Crippen molar-refractivity contribution in [3.05, 3.63) is 18.6 Å². The molecule has 5 nitrogen and oxygen atoms in total. The van der Waals surface area contributed by atoms with Gasteiger partial charge in [-0.1, -0.05) is 12.8 Å². The van der Waals surface area contributed by atoms with Gasteiger partial charge in [0.15, 0.2) is 0 Å². The first-order valence-electron chi connectivity index (χ1n) is 5.07. The molecular formula is C10H13N3O2. The number of amides is 1. The van der Waals surface area contributed by atoms with Gasteiger partial charge in [0.25, 0.3) is 0 Å². The first kappa shape index (κ1) is 9.89. The van der Waals surface area contributed by atoms with E-state index in [1.807, 2.05) is 0 Å². The summed E-state index contributed by atoms with van der Waals surface area (Å²) in [5.74, 6) is 0.476. The molecule has 0 atom stereocenters. The Bertz CT molecular complexity index is 336. The number of rotatable bonds is 2. The van der Waals surface area contributed by atoms with Gasteiger partial charge in [-0.25, -0.2) is 14.8 Å². The van der Waals surface area contributed by atoms with Crippen LogP contribution in [0.2, 0.25) is 0 Å². The lowest BCUT2D eigenvalue weighted by Gasteiger charge is -2.24. The fourth-order valence-corrected chi connectivity index (χ4v) is 2.03. The van der Waals surface area contributed by atoms with Crippen molar-refractivity contribution in [1.82, 2.24) is 9.97 Å². The van der Waals surface area contributed by atoms with Crippen LogP contribution in [0.25, 0.3) is 0 Å². The minimum Gasteiger partial charge on any atom is -0.465 e. The molecular weight excluding hydrogens is 194 g/mol. The Morgan fingerprint density at radius 1 is 1.47 bits per heavy atom. The monoisotopic (exact) mass is 207 g/mol. The molecule has 1 aromatic rings. The smallest absolute Gasteiger partial charge is 0.413 e. The van der Waals surface area contributed by atoms with Crippen LogP contribution in [0, 0.1) is 0 Å². The molecule has 0 spiro atoms. The van der Waals surface area contributed by atoms with E-state index in [1.54, 1.807) is 12.3 Å². The van der Waals surface area contributed by atoms with E-state index >= 15 is 0 Å². The first-order valence-corrected chi connectivity index (χ1v) is 5.07. The molecule has 0 unspecified atom stereocenters. The van der Waals surface area contributed by atoms with Gasteiger partial charge in [0.1, 0.15) is 12.1 Å². The summed E-state index contributed by atoms with van der Waals surface area (Å²) in [5.41, 5.74) is 0. The first-order chi connectivity index (χ1) is 7.29. The van der Waals surface area contributed by atoms with E-state index in [9.17, 15) is 4.79 Å². The average Bonchev–Trinajstić information content (AvgIpc) is 2.72. The van der Waals surface area contributed by atoms with Gasteiger partial charge in [0.05, 0.1) is 0 Å². The van der Waals surface area contributed by atoms with Gasteiger partial charge in [-0.05, 0) is 18.9 Å². The summed E-state index contributed by atoms with van der Waals surface area (Å²) >= 11 is 0. The van der Waals surface area contributed by atoms with Gasteiger partial charge in [-0.3, -0.25) is 4.90 Å². The topological polar surface area (TPSA) is 66.3 Å². The van der Waals surface area contributed by atoms with E-state index in [4.69, 9.17) is 5.11 Å². The normalized spacial score (nSPS) is 16.5. The zero-order valence-corrected chi connectivity index (χ0v) is 8.33. The van der Waals surface area contributed by atoms with Gasteiger partial charge < -0.3 is 5.11 Å². The second-order valence-corrected chi connectivity index (χ2v) is 3.66. The zero-order chi connectivity index (χ0) is 10.7. The number of nitrogens with zero attached hydrogens (tertiary/aromatic N) is 3. The molecule has 0 aliphatic heterocycles. The second-order valence-electron chi connectivity index (χ2n) is 3.66. The Kier molecular flexibility index (Phi) is 2.80. The summed E-state index contributed by atoms with van der Waals surface area (Å²) in [6.45, 7) is 0. The van der Waals surface area contributed by atoms with Crippen LogP contribution in [0.3, 0.4) is 0 Å². The van der Waals surface area contributed by atoms with Gasteiger partial charge in [0, 0.05) is 12.2 Å². The molecule has 1 aliphatic rings. The van der Waals surface area contributed by atoms with Crippen LogP contribution < -0.4 is 4.90 Å². The fourth-order valence-electron chi connectivity index (χ4n) is 2.03. The minimum atomic E-state index is -0.930. The Morgan fingerprint density at radius 2 is 2.20 bits per heavy atom. The lowest BCUT2D eigenvalue weighted by molar-refractivity contribution is 0.198. The van der Waals surface area contributed by atoms with E-state index in [0.717, 1.165) is 25.7 Å². The highest BCUT2D eigenvalue weighted by Crippen LogP contribution is 2.26. The third kappa shape index (κ3) is 2.06. The molecule has 2 rings (SSSR count). The molecule has 0 aromatic carbocycles. The van der Waals surface area contributed by atoms with Crippen LogP contribution >= 0.6 is 0 Å². The largest absolute Gasteiger partial charge is 0.465 e. The maximum Gasteiger partial charge on any atom is 0.413 e. The molecule has 1 heterocycles. The van der Waals surface area contributed by atoms with Crippen molar-refractivity contribution in [3.63, 3.8) is 0 Å². The van der Waals surface area contributed by atoms with E-state index in [-0.39, 0.29) is 6.04 Å². The molecule has 0 radical (unpaired) electrons. The number of hydrogen-bond acceptors (Lipinski definition) is 3. The van der Waals surface area contributed by atoms with Gasteiger partial charge in [0.2, 0.25) is 0 Å². The van der Waals surface area contributed by atoms with Gasteiger partial charge in [-0.2, -0.15) is 0 Å². The highest BCUT2D eigenvalue weighted by Gasteiger charge is 2.28. The summed E-state index contributed by atoms with van der Waals surface area (Å²) in [5, 5.41) is 9.15. The number of anilines is 1. The predicted octanol–water partition coefficient (Wildman–Crippen LogP) is 1.90. The average molecular weight is 207 g/mol. The summed E-state index contributed by atoms with van der Waals surface area (Å²) in [6.07, 6.45) is 6.06. The van der Waals surface area contributed by atoms with Crippen molar-refractivity contribution >= 4 is 11.9 Å². The van der Waals surface area contributed by atoms with Crippen molar-refractivity contribution in [2.45, 2.75) is 31.7 Å². The van der Waals surface area contributed by atoms with Crippen LogP contribution in [0.4, 0.5) is 10.6 Å². The Morgan fingerprint density at radius 3 is 2.73 bits per heavy atom. The van der Waals surface area contributed by atoms with E-state index in [2.05, 4.69) is 9.97 Å². The molecule has 1 saturated carbocycles. The highest BCUT2D eigenvalue weighted by atomic mass is 16.4.